The summed E-state index contributed by atoms with van der Waals surface area (Å²) in [7, 11) is -4.02. The van der Waals surface area contributed by atoms with E-state index in [0.717, 1.165) is 21.0 Å². The Labute approximate surface area is 252 Å². The van der Waals surface area contributed by atoms with Gasteiger partial charge < -0.3 is 10.1 Å². The molecule has 0 saturated heterocycles. The summed E-state index contributed by atoms with van der Waals surface area (Å²) in [5, 5.41) is 6.89. The molecular formula is C33H34N4O5S. The highest BCUT2D eigenvalue weighted by molar-refractivity contribution is 7.92. The third-order valence-corrected chi connectivity index (χ3v) is 8.51. The number of amides is 2. The number of anilines is 1. The predicted molar refractivity (Wildman–Crippen MR) is 168 cm³/mol. The molecule has 9 nitrogen and oxygen atoms in total. The summed E-state index contributed by atoms with van der Waals surface area (Å²) in [5.41, 5.74) is 6.36. The third-order valence-electron chi connectivity index (χ3n) is 6.73. The van der Waals surface area contributed by atoms with Gasteiger partial charge in [-0.1, -0.05) is 54.6 Å². The van der Waals surface area contributed by atoms with Crippen LogP contribution >= 0.6 is 0 Å². The van der Waals surface area contributed by atoms with Gasteiger partial charge in [0.25, 0.3) is 21.8 Å². The minimum atomic E-state index is -4.02. The standard InChI is InChI=1S/C33H34N4O5S/c1-24-14-17-29(20-25(24)2)37(43(40,41)31-12-8-5-9-13-31)22-32(38)36-34-21-27-15-18-30(19-16-27)42-23-33(39)35-26(3)28-10-6-4-7-11-28/h4-21,26H,22-23H2,1-3H3,(H,35,39)(H,36,38)/b34-21-/t26-/m1/s1. The first-order valence-electron chi connectivity index (χ1n) is 13.7. The van der Waals surface area contributed by atoms with Crippen molar-refractivity contribution in [2.24, 2.45) is 5.10 Å². The van der Waals surface area contributed by atoms with Crippen LogP contribution < -0.4 is 19.8 Å². The Morgan fingerprint density at radius 2 is 1.51 bits per heavy atom. The van der Waals surface area contributed by atoms with Crippen LogP contribution in [-0.2, 0) is 19.6 Å². The number of carbonyl (C=O) groups excluding carboxylic acids is 2. The Morgan fingerprint density at radius 3 is 2.16 bits per heavy atom. The molecule has 222 valence electrons. The highest BCUT2D eigenvalue weighted by atomic mass is 32.2. The monoisotopic (exact) mass is 598 g/mol. The number of nitrogens with one attached hydrogen (secondary N) is 2. The number of hydrogen-bond acceptors (Lipinski definition) is 6. The maximum absolute atomic E-state index is 13.5. The fraction of sp³-hybridized carbons (Fsp3) is 0.182. The molecule has 0 aliphatic carbocycles. The zero-order chi connectivity index (χ0) is 30.8. The maximum Gasteiger partial charge on any atom is 0.264 e. The highest BCUT2D eigenvalue weighted by Crippen LogP contribution is 2.25. The molecule has 0 saturated carbocycles. The van der Waals surface area contributed by atoms with Crippen molar-refractivity contribution in [3.05, 3.63) is 125 Å². The quantitative estimate of drug-likeness (QED) is 0.178. The fourth-order valence-electron chi connectivity index (χ4n) is 4.17. The predicted octanol–water partition coefficient (Wildman–Crippen LogP) is 4.91. The van der Waals surface area contributed by atoms with Crippen molar-refractivity contribution in [3.63, 3.8) is 0 Å². The lowest BCUT2D eigenvalue weighted by Gasteiger charge is -2.24. The lowest BCUT2D eigenvalue weighted by Crippen LogP contribution is -2.39. The first-order chi connectivity index (χ1) is 20.6. The van der Waals surface area contributed by atoms with Gasteiger partial charge in [0.15, 0.2) is 6.61 Å². The van der Waals surface area contributed by atoms with Gasteiger partial charge >= 0.3 is 0 Å². The van der Waals surface area contributed by atoms with Crippen molar-refractivity contribution in [2.45, 2.75) is 31.7 Å². The third kappa shape index (κ3) is 8.52. The van der Waals surface area contributed by atoms with Gasteiger partial charge in [-0.05, 0) is 91.6 Å². The Hall–Kier alpha value is -4.96. The van der Waals surface area contributed by atoms with E-state index < -0.39 is 22.5 Å². The van der Waals surface area contributed by atoms with Crippen LogP contribution in [0.2, 0.25) is 0 Å². The van der Waals surface area contributed by atoms with Crippen molar-refractivity contribution in [1.29, 1.82) is 0 Å². The second-order valence-corrected chi connectivity index (χ2v) is 11.8. The molecule has 1 atom stereocenters. The Kier molecular flexibility index (Phi) is 10.3. The van der Waals surface area contributed by atoms with Crippen LogP contribution in [0.5, 0.6) is 5.75 Å². The SMILES string of the molecule is Cc1ccc(N(CC(=O)N/N=C\c2ccc(OCC(=O)N[C@H](C)c3ccccc3)cc2)S(=O)(=O)c2ccccc2)cc1C. The molecule has 0 spiro atoms. The average molecular weight is 599 g/mol. The minimum Gasteiger partial charge on any atom is -0.484 e. The lowest BCUT2D eigenvalue weighted by molar-refractivity contribution is -0.123. The van der Waals surface area contributed by atoms with Crippen LogP contribution in [0.15, 0.2) is 113 Å². The largest absolute Gasteiger partial charge is 0.484 e. The van der Waals surface area contributed by atoms with Crippen molar-refractivity contribution < 1.29 is 22.7 Å². The first-order valence-corrected chi connectivity index (χ1v) is 15.1. The molecule has 2 N–H and O–H groups in total. The molecule has 0 unspecified atom stereocenters. The number of hydrogen-bond donors (Lipinski definition) is 2. The molecule has 2 amide bonds. The molecule has 0 aliphatic heterocycles. The zero-order valence-electron chi connectivity index (χ0n) is 24.2. The van der Waals surface area contributed by atoms with E-state index in [1.807, 2.05) is 57.2 Å². The molecule has 0 aliphatic rings. The summed E-state index contributed by atoms with van der Waals surface area (Å²) in [6.07, 6.45) is 1.43. The number of hydrazone groups is 1. The number of carbonyl (C=O) groups is 2. The van der Waals surface area contributed by atoms with E-state index in [9.17, 15) is 18.0 Å². The number of nitrogens with zero attached hydrogens (tertiary/aromatic N) is 2. The smallest absolute Gasteiger partial charge is 0.264 e. The van der Waals surface area contributed by atoms with E-state index in [1.165, 1.54) is 18.3 Å². The van der Waals surface area contributed by atoms with Gasteiger partial charge in [0.2, 0.25) is 0 Å². The molecule has 0 aromatic heterocycles. The van der Waals surface area contributed by atoms with E-state index in [-0.39, 0.29) is 23.5 Å². The molecule has 4 aromatic rings. The highest BCUT2D eigenvalue weighted by Gasteiger charge is 2.27. The summed E-state index contributed by atoms with van der Waals surface area (Å²) < 4.78 is 33.6. The average Bonchev–Trinajstić information content (AvgIpc) is 3.01. The fourth-order valence-corrected chi connectivity index (χ4v) is 5.60. The molecular weight excluding hydrogens is 564 g/mol. The second-order valence-electron chi connectivity index (χ2n) is 9.94. The molecule has 4 aromatic carbocycles. The van der Waals surface area contributed by atoms with Crippen LogP contribution in [0.1, 0.15) is 35.2 Å². The molecule has 0 bridgehead atoms. The van der Waals surface area contributed by atoms with Gasteiger partial charge in [-0.15, -0.1) is 0 Å². The summed E-state index contributed by atoms with van der Waals surface area (Å²) in [5.74, 6) is -0.350. The van der Waals surface area contributed by atoms with E-state index in [2.05, 4.69) is 15.8 Å². The van der Waals surface area contributed by atoms with Gasteiger partial charge in [-0.25, -0.2) is 13.8 Å². The minimum absolute atomic E-state index is 0.0787. The van der Waals surface area contributed by atoms with Gasteiger partial charge in [-0.2, -0.15) is 5.10 Å². The summed E-state index contributed by atoms with van der Waals surface area (Å²) in [6.45, 7) is 5.12. The van der Waals surface area contributed by atoms with Crippen LogP contribution in [0.25, 0.3) is 0 Å². The first kappa shape index (κ1) is 31.0. The van der Waals surface area contributed by atoms with Crippen molar-refractivity contribution in [3.8, 4) is 5.75 Å². The number of sulfonamides is 1. The Balaban J connectivity index is 1.34. The van der Waals surface area contributed by atoms with Gasteiger partial charge in [-0.3, -0.25) is 13.9 Å². The van der Waals surface area contributed by atoms with Gasteiger partial charge in [0.1, 0.15) is 12.3 Å². The van der Waals surface area contributed by atoms with Crippen molar-refractivity contribution in [2.75, 3.05) is 17.5 Å². The van der Waals surface area contributed by atoms with Crippen LogP contribution in [0.3, 0.4) is 0 Å². The molecule has 0 heterocycles. The van der Waals surface area contributed by atoms with Crippen LogP contribution in [0, 0.1) is 13.8 Å². The lowest BCUT2D eigenvalue weighted by atomic mass is 10.1. The normalized spacial score (nSPS) is 12.0. The van der Waals surface area contributed by atoms with Gasteiger partial charge in [0.05, 0.1) is 22.8 Å². The van der Waals surface area contributed by atoms with E-state index in [0.29, 0.717) is 17.0 Å². The number of ether oxygens (including phenoxy) is 1. The number of benzene rings is 4. The zero-order valence-corrected chi connectivity index (χ0v) is 25.0. The van der Waals surface area contributed by atoms with Crippen molar-refractivity contribution >= 4 is 33.7 Å². The Morgan fingerprint density at radius 1 is 0.860 bits per heavy atom. The van der Waals surface area contributed by atoms with E-state index in [1.54, 1.807) is 54.6 Å². The summed E-state index contributed by atoms with van der Waals surface area (Å²) in [4.78, 5) is 25.2. The number of rotatable bonds is 12. The topological polar surface area (TPSA) is 117 Å². The molecule has 10 heteroatoms. The van der Waals surface area contributed by atoms with E-state index >= 15 is 0 Å². The van der Waals surface area contributed by atoms with Crippen LogP contribution in [0.4, 0.5) is 5.69 Å². The molecule has 0 fully saturated rings. The number of aryl methyl sites for hydroxylation is 2. The maximum atomic E-state index is 13.5. The Bertz CT molecular complexity index is 1680. The molecule has 0 radical (unpaired) electrons. The summed E-state index contributed by atoms with van der Waals surface area (Å²) >= 11 is 0. The van der Waals surface area contributed by atoms with Crippen molar-refractivity contribution in [1.82, 2.24) is 10.7 Å². The second kappa shape index (κ2) is 14.3. The summed E-state index contributed by atoms with van der Waals surface area (Å²) in [6, 6.07) is 29.5. The molecule has 43 heavy (non-hydrogen) atoms. The van der Waals surface area contributed by atoms with Crippen LogP contribution in [-0.4, -0.2) is 39.6 Å². The molecule has 4 rings (SSSR count). The van der Waals surface area contributed by atoms with Gasteiger partial charge in [0, 0.05) is 0 Å². The van der Waals surface area contributed by atoms with E-state index in [4.69, 9.17) is 4.74 Å².